The largest absolute Gasteiger partial charge is 0.489 e. The van der Waals surface area contributed by atoms with Gasteiger partial charge in [0.05, 0.1) is 0 Å². The molecule has 0 aliphatic heterocycles. The second kappa shape index (κ2) is 8.19. The van der Waals surface area contributed by atoms with E-state index in [1.165, 1.54) is 12.8 Å². The molecule has 0 saturated heterocycles. The first-order chi connectivity index (χ1) is 12.1. The lowest BCUT2D eigenvalue weighted by Crippen LogP contribution is -2.43. The molecule has 0 bridgehead atoms. The van der Waals surface area contributed by atoms with Crippen LogP contribution >= 0.6 is 0 Å². The third-order valence-electron chi connectivity index (χ3n) is 5.37. The van der Waals surface area contributed by atoms with Gasteiger partial charge in [-0.15, -0.1) is 0 Å². The number of benzene rings is 2. The van der Waals surface area contributed by atoms with Gasteiger partial charge in [0.1, 0.15) is 12.4 Å². The van der Waals surface area contributed by atoms with E-state index in [1.807, 2.05) is 54.6 Å². The minimum atomic E-state index is -0.00360. The highest BCUT2D eigenvalue weighted by Crippen LogP contribution is 2.29. The van der Waals surface area contributed by atoms with Crippen molar-refractivity contribution in [3.63, 3.8) is 0 Å². The summed E-state index contributed by atoms with van der Waals surface area (Å²) in [4.78, 5) is 12.6. The molecule has 3 nitrogen and oxygen atoms in total. The zero-order valence-electron chi connectivity index (χ0n) is 15.1. The Kier molecular flexibility index (Phi) is 5.75. The summed E-state index contributed by atoms with van der Waals surface area (Å²) in [6.45, 7) is 5.03. The molecule has 1 amide bonds. The third kappa shape index (κ3) is 4.62. The van der Waals surface area contributed by atoms with Crippen molar-refractivity contribution in [2.75, 3.05) is 0 Å². The number of carbonyl (C=O) groups excluding carboxylic acids is 1. The molecule has 3 heteroatoms. The summed E-state index contributed by atoms with van der Waals surface area (Å²) in [5.74, 6) is 1.91. The molecule has 0 spiro atoms. The van der Waals surface area contributed by atoms with Crippen molar-refractivity contribution in [1.82, 2.24) is 5.32 Å². The summed E-state index contributed by atoms with van der Waals surface area (Å²) in [6.07, 6.45) is 3.52. The van der Waals surface area contributed by atoms with Gasteiger partial charge in [-0.3, -0.25) is 4.79 Å². The molecule has 2 aromatic carbocycles. The van der Waals surface area contributed by atoms with E-state index in [0.29, 0.717) is 24.0 Å². The molecule has 0 aromatic heterocycles. The van der Waals surface area contributed by atoms with Gasteiger partial charge < -0.3 is 10.1 Å². The number of nitrogens with one attached hydrogen (secondary N) is 1. The summed E-state index contributed by atoms with van der Waals surface area (Å²) < 4.78 is 5.83. The van der Waals surface area contributed by atoms with Crippen molar-refractivity contribution in [2.24, 2.45) is 11.8 Å². The van der Waals surface area contributed by atoms with E-state index >= 15 is 0 Å². The van der Waals surface area contributed by atoms with Gasteiger partial charge in [-0.05, 0) is 42.0 Å². The lowest BCUT2D eigenvalue weighted by atomic mass is 9.78. The number of hydrogen-bond donors (Lipinski definition) is 1. The van der Waals surface area contributed by atoms with E-state index in [0.717, 1.165) is 17.7 Å². The van der Waals surface area contributed by atoms with Crippen molar-refractivity contribution >= 4 is 5.91 Å². The van der Waals surface area contributed by atoms with Crippen molar-refractivity contribution < 1.29 is 9.53 Å². The van der Waals surface area contributed by atoms with Crippen LogP contribution in [0, 0.1) is 11.8 Å². The molecular weight excluding hydrogens is 310 g/mol. The summed E-state index contributed by atoms with van der Waals surface area (Å²) in [5.41, 5.74) is 1.78. The Balaban J connectivity index is 1.61. The minimum Gasteiger partial charge on any atom is -0.489 e. The maximum atomic E-state index is 12.6. The number of hydrogen-bond acceptors (Lipinski definition) is 2. The molecule has 0 radical (unpaired) electrons. The van der Waals surface area contributed by atoms with Crippen LogP contribution in [0.5, 0.6) is 5.75 Å². The minimum absolute atomic E-state index is 0.00360. The monoisotopic (exact) mass is 337 g/mol. The molecule has 132 valence electrons. The molecule has 1 aliphatic carbocycles. The van der Waals surface area contributed by atoms with E-state index in [4.69, 9.17) is 4.74 Å². The third-order valence-corrected chi connectivity index (χ3v) is 5.37. The van der Waals surface area contributed by atoms with Gasteiger partial charge in [0.2, 0.25) is 0 Å². The Hall–Kier alpha value is -2.29. The van der Waals surface area contributed by atoms with E-state index in [-0.39, 0.29) is 11.9 Å². The molecule has 1 saturated carbocycles. The molecule has 3 atom stereocenters. The number of amides is 1. The predicted molar refractivity (Wildman–Crippen MR) is 101 cm³/mol. The highest BCUT2D eigenvalue weighted by atomic mass is 16.5. The fourth-order valence-corrected chi connectivity index (χ4v) is 3.51. The van der Waals surface area contributed by atoms with Crippen LogP contribution in [0.4, 0.5) is 0 Å². The Morgan fingerprint density at radius 2 is 1.88 bits per heavy atom. The average molecular weight is 337 g/mol. The van der Waals surface area contributed by atoms with Crippen LogP contribution in [0.1, 0.15) is 49.0 Å². The normalized spacial score (nSPS) is 23.0. The highest BCUT2D eigenvalue weighted by molar-refractivity contribution is 5.94. The van der Waals surface area contributed by atoms with Crippen molar-refractivity contribution in [3.8, 4) is 5.75 Å². The Labute approximate surface area is 150 Å². The van der Waals surface area contributed by atoms with E-state index in [9.17, 15) is 4.79 Å². The summed E-state index contributed by atoms with van der Waals surface area (Å²) in [5, 5.41) is 3.22. The molecule has 1 fully saturated rings. The second-order valence-corrected chi connectivity index (χ2v) is 7.15. The zero-order valence-corrected chi connectivity index (χ0v) is 15.1. The molecule has 0 unspecified atom stereocenters. The fraction of sp³-hybridized carbons (Fsp3) is 0.409. The maximum absolute atomic E-state index is 12.6. The first kappa shape index (κ1) is 17.5. The van der Waals surface area contributed by atoms with Crippen LogP contribution in [0.25, 0.3) is 0 Å². The topological polar surface area (TPSA) is 38.3 Å². The summed E-state index contributed by atoms with van der Waals surface area (Å²) in [6, 6.07) is 17.8. The lowest BCUT2D eigenvalue weighted by Gasteiger charge is -2.34. The van der Waals surface area contributed by atoms with Crippen molar-refractivity contribution in [1.29, 1.82) is 0 Å². The van der Waals surface area contributed by atoms with Gasteiger partial charge in [-0.1, -0.05) is 63.1 Å². The van der Waals surface area contributed by atoms with Gasteiger partial charge in [0.15, 0.2) is 0 Å². The van der Waals surface area contributed by atoms with Crippen molar-refractivity contribution in [2.45, 2.75) is 45.8 Å². The smallest absolute Gasteiger partial charge is 0.251 e. The van der Waals surface area contributed by atoms with Crippen LogP contribution in [-0.2, 0) is 6.61 Å². The predicted octanol–water partition coefficient (Wildman–Crippen LogP) is 4.82. The van der Waals surface area contributed by atoms with Crippen molar-refractivity contribution in [3.05, 3.63) is 65.7 Å². The first-order valence-corrected chi connectivity index (χ1v) is 9.21. The molecule has 1 N–H and O–H groups in total. The Morgan fingerprint density at radius 3 is 2.68 bits per heavy atom. The number of carbonyl (C=O) groups is 1. The van der Waals surface area contributed by atoms with Crippen LogP contribution in [0.15, 0.2) is 54.6 Å². The van der Waals surface area contributed by atoms with Crippen LogP contribution in [0.2, 0.25) is 0 Å². The van der Waals surface area contributed by atoms with Gasteiger partial charge in [-0.2, -0.15) is 0 Å². The van der Waals surface area contributed by atoms with Crippen LogP contribution in [0.3, 0.4) is 0 Å². The number of ether oxygens (including phenoxy) is 1. The van der Waals surface area contributed by atoms with Gasteiger partial charge in [0.25, 0.3) is 5.91 Å². The molecule has 2 aromatic rings. The lowest BCUT2D eigenvalue weighted by molar-refractivity contribution is 0.0890. The average Bonchev–Trinajstić information content (AvgIpc) is 2.65. The number of rotatable bonds is 5. The maximum Gasteiger partial charge on any atom is 0.251 e. The first-order valence-electron chi connectivity index (χ1n) is 9.21. The van der Waals surface area contributed by atoms with E-state index in [2.05, 4.69) is 19.2 Å². The van der Waals surface area contributed by atoms with Gasteiger partial charge >= 0.3 is 0 Å². The molecule has 0 heterocycles. The standard InChI is InChI=1S/C22H27NO2/c1-16-8-6-13-21(17(16)2)23-22(24)19-11-7-12-20(14-19)25-15-18-9-4-3-5-10-18/h3-5,7,9-12,14,16-17,21H,6,8,13,15H2,1-2H3,(H,23,24)/t16-,17+,21+/m1/s1. The molecule has 1 aliphatic rings. The van der Waals surface area contributed by atoms with Gasteiger partial charge in [0, 0.05) is 11.6 Å². The SMILES string of the molecule is C[C@H]1[C@H](C)CCC[C@@H]1NC(=O)c1cccc(OCc2ccccc2)c1. The van der Waals surface area contributed by atoms with E-state index < -0.39 is 0 Å². The molecule has 25 heavy (non-hydrogen) atoms. The van der Waals surface area contributed by atoms with Crippen LogP contribution in [-0.4, -0.2) is 11.9 Å². The second-order valence-electron chi connectivity index (χ2n) is 7.15. The Bertz CT molecular complexity index is 698. The van der Waals surface area contributed by atoms with Crippen LogP contribution < -0.4 is 10.1 Å². The molecule has 3 rings (SSSR count). The zero-order chi connectivity index (χ0) is 17.6. The highest BCUT2D eigenvalue weighted by Gasteiger charge is 2.28. The van der Waals surface area contributed by atoms with E-state index in [1.54, 1.807) is 0 Å². The molecular formula is C22H27NO2. The summed E-state index contributed by atoms with van der Waals surface area (Å²) >= 11 is 0. The quantitative estimate of drug-likeness (QED) is 0.849. The Morgan fingerprint density at radius 1 is 1.08 bits per heavy atom. The van der Waals surface area contributed by atoms with Gasteiger partial charge in [-0.25, -0.2) is 0 Å². The summed E-state index contributed by atoms with van der Waals surface area (Å²) in [7, 11) is 0. The fourth-order valence-electron chi connectivity index (χ4n) is 3.51.